The summed E-state index contributed by atoms with van der Waals surface area (Å²) in [5.74, 6) is 0.881. The maximum Gasteiger partial charge on any atom is 0.289 e. The van der Waals surface area contributed by atoms with E-state index in [-0.39, 0.29) is 5.91 Å². The fraction of sp³-hybridized carbons (Fsp3) is 0.222. The van der Waals surface area contributed by atoms with Crippen molar-refractivity contribution in [1.29, 1.82) is 0 Å². The predicted octanol–water partition coefficient (Wildman–Crippen LogP) is 4.07. The number of amides is 1. The Morgan fingerprint density at radius 3 is 2.79 bits per heavy atom. The van der Waals surface area contributed by atoms with Gasteiger partial charge in [-0.2, -0.15) is 0 Å². The number of benzene rings is 1. The fourth-order valence-electron chi connectivity index (χ4n) is 2.55. The number of furan rings is 1. The van der Waals surface area contributed by atoms with Crippen LogP contribution in [-0.2, 0) is 6.54 Å². The van der Waals surface area contributed by atoms with E-state index in [1.54, 1.807) is 37.4 Å². The molecule has 0 atom stereocenters. The zero-order valence-corrected chi connectivity index (χ0v) is 14.4. The molecule has 2 aromatic heterocycles. The Morgan fingerprint density at radius 2 is 2.12 bits per heavy atom. The highest BCUT2D eigenvalue weighted by Gasteiger charge is 2.21. The van der Waals surface area contributed by atoms with Crippen LogP contribution in [0.1, 0.15) is 21.7 Å². The summed E-state index contributed by atoms with van der Waals surface area (Å²) in [6.45, 7) is 2.29. The fourth-order valence-corrected chi connectivity index (χ4v) is 2.66. The van der Waals surface area contributed by atoms with Gasteiger partial charge in [-0.3, -0.25) is 4.79 Å². The first-order valence-electron chi connectivity index (χ1n) is 7.42. The van der Waals surface area contributed by atoms with Crippen LogP contribution in [0.2, 0.25) is 5.15 Å². The number of halogens is 1. The maximum absolute atomic E-state index is 12.7. The molecule has 0 aliphatic carbocycles. The van der Waals surface area contributed by atoms with Gasteiger partial charge in [0.2, 0.25) is 0 Å². The third kappa shape index (κ3) is 3.08. The van der Waals surface area contributed by atoms with E-state index in [0.29, 0.717) is 23.0 Å². The number of aromatic nitrogens is 1. The van der Waals surface area contributed by atoms with E-state index in [9.17, 15) is 4.79 Å². The van der Waals surface area contributed by atoms with Gasteiger partial charge in [-0.15, -0.1) is 0 Å². The van der Waals surface area contributed by atoms with Gasteiger partial charge in [0.1, 0.15) is 16.5 Å². The highest BCUT2D eigenvalue weighted by Crippen LogP contribution is 2.29. The molecule has 0 saturated heterocycles. The Kier molecular flexibility index (Phi) is 4.44. The summed E-state index contributed by atoms with van der Waals surface area (Å²) in [4.78, 5) is 18.3. The van der Waals surface area contributed by atoms with E-state index in [1.807, 2.05) is 25.1 Å². The molecule has 2 heterocycles. The lowest BCUT2D eigenvalue weighted by Gasteiger charge is -2.16. The summed E-state index contributed by atoms with van der Waals surface area (Å²) >= 11 is 5.78. The normalized spacial score (nSPS) is 10.8. The number of methoxy groups -OCH3 is 1. The highest BCUT2D eigenvalue weighted by atomic mass is 35.5. The number of hydrogen-bond acceptors (Lipinski definition) is 4. The zero-order valence-electron chi connectivity index (χ0n) is 13.7. The van der Waals surface area contributed by atoms with Crippen molar-refractivity contribution in [1.82, 2.24) is 9.88 Å². The Hall–Kier alpha value is -2.53. The lowest BCUT2D eigenvalue weighted by atomic mass is 10.1. The molecule has 24 heavy (non-hydrogen) atoms. The number of hydrogen-bond donors (Lipinski definition) is 0. The topological polar surface area (TPSA) is 55.6 Å². The second kappa shape index (κ2) is 6.53. The second-order valence-electron chi connectivity index (χ2n) is 5.57. The third-order valence-electron chi connectivity index (χ3n) is 3.89. The molecule has 0 bridgehead atoms. The minimum absolute atomic E-state index is 0.183. The number of ether oxygens (including phenoxy) is 1. The molecule has 3 aromatic rings. The average Bonchev–Trinajstić information content (AvgIpc) is 2.92. The zero-order chi connectivity index (χ0) is 17.3. The van der Waals surface area contributed by atoms with Crippen molar-refractivity contribution in [2.45, 2.75) is 13.5 Å². The van der Waals surface area contributed by atoms with Crippen LogP contribution in [0.15, 0.2) is 40.9 Å². The van der Waals surface area contributed by atoms with Gasteiger partial charge >= 0.3 is 0 Å². The molecule has 5 nitrogen and oxygen atoms in total. The molecule has 0 N–H and O–H groups in total. The van der Waals surface area contributed by atoms with Crippen molar-refractivity contribution >= 4 is 28.5 Å². The van der Waals surface area contributed by atoms with E-state index in [4.69, 9.17) is 20.8 Å². The van der Waals surface area contributed by atoms with Crippen LogP contribution < -0.4 is 4.74 Å². The van der Waals surface area contributed by atoms with Crippen LogP contribution in [0.25, 0.3) is 11.0 Å². The summed E-state index contributed by atoms with van der Waals surface area (Å²) in [5, 5.41) is 1.30. The van der Waals surface area contributed by atoms with Crippen LogP contribution in [0.3, 0.4) is 0 Å². The number of pyridine rings is 1. The van der Waals surface area contributed by atoms with Crippen molar-refractivity contribution in [2.75, 3.05) is 14.2 Å². The molecule has 0 spiro atoms. The molecular weight excluding hydrogens is 328 g/mol. The van der Waals surface area contributed by atoms with Gasteiger partial charge in [-0.05, 0) is 36.8 Å². The van der Waals surface area contributed by atoms with Gasteiger partial charge in [0.15, 0.2) is 5.76 Å². The Balaban J connectivity index is 1.87. The van der Waals surface area contributed by atoms with Gasteiger partial charge in [0.05, 0.1) is 7.11 Å². The van der Waals surface area contributed by atoms with Crippen LogP contribution in [0, 0.1) is 6.92 Å². The quantitative estimate of drug-likeness (QED) is 0.669. The van der Waals surface area contributed by atoms with Crippen molar-refractivity contribution in [3.05, 3.63) is 58.6 Å². The van der Waals surface area contributed by atoms with Crippen molar-refractivity contribution in [3.63, 3.8) is 0 Å². The summed E-state index contributed by atoms with van der Waals surface area (Å²) in [5.41, 5.74) is 2.36. The van der Waals surface area contributed by atoms with Crippen molar-refractivity contribution in [2.24, 2.45) is 0 Å². The third-order valence-corrected chi connectivity index (χ3v) is 4.12. The van der Waals surface area contributed by atoms with Crippen molar-refractivity contribution in [3.8, 4) is 5.75 Å². The van der Waals surface area contributed by atoms with Crippen LogP contribution >= 0.6 is 11.6 Å². The monoisotopic (exact) mass is 344 g/mol. The minimum atomic E-state index is -0.183. The SMILES string of the molecule is COc1ccc2oc(C(=O)N(C)Cc3ccc(Cl)nc3)c(C)c2c1. The summed E-state index contributed by atoms with van der Waals surface area (Å²) in [6, 6.07) is 9.03. The van der Waals surface area contributed by atoms with Crippen LogP contribution in [0.4, 0.5) is 0 Å². The smallest absolute Gasteiger partial charge is 0.289 e. The molecule has 0 fully saturated rings. The molecule has 0 saturated carbocycles. The van der Waals surface area contributed by atoms with Gasteiger partial charge in [-0.1, -0.05) is 17.7 Å². The second-order valence-corrected chi connectivity index (χ2v) is 5.96. The molecule has 1 amide bonds. The molecule has 124 valence electrons. The highest BCUT2D eigenvalue weighted by molar-refractivity contribution is 6.29. The van der Waals surface area contributed by atoms with Gasteiger partial charge in [0.25, 0.3) is 5.91 Å². The predicted molar refractivity (Wildman–Crippen MR) is 92.5 cm³/mol. The molecule has 0 unspecified atom stereocenters. The number of carbonyl (C=O) groups excluding carboxylic acids is 1. The van der Waals surface area contributed by atoms with Crippen LogP contribution in [-0.4, -0.2) is 29.9 Å². The first kappa shape index (κ1) is 16.3. The standard InChI is InChI=1S/C18H17ClN2O3/c1-11-14-8-13(23-3)5-6-15(14)24-17(11)18(22)21(2)10-12-4-7-16(19)20-9-12/h4-9H,10H2,1-3H3. The van der Waals surface area contributed by atoms with E-state index in [1.165, 1.54) is 0 Å². The van der Waals surface area contributed by atoms with Crippen molar-refractivity contribution < 1.29 is 13.9 Å². The van der Waals surface area contributed by atoms with E-state index in [0.717, 1.165) is 22.3 Å². The molecule has 0 radical (unpaired) electrons. The number of nitrogens with zero attached hydrogens (tertiary/aromatic N) is 2. The number of fused-ring (bicyclic) bond motifs is 1. The van der Waals surface area contributed by atoms with Gasteiger partial charge in [0, 0.05) is 30.7 Å². The summed E-state index contributed by atoms with van der Waals surface area (Å²) < 4.78 is 11.0. The molecule has 3 rings (SSSR count). The minimum Gasteiger partial charge on any atom is -0.497 e. The number of carbonyl (C=O) groups is 1. The molecule has 1 aromatic carbocycles. The number of aryl methyl sites for hydroxylation is 1. The molecule has 6 heteroatoms. The Labute approximate surface area is 144 Å². The largest absolute Gasteiger partial charge is 0.497 e. The van der Waals surface area contributed by atoms with E-state index in [2.05, 4.69) is 4.98 Å². The average molecular weight is 345 g/mol. The number of rotatable bonds is 4. The first-order valence-corrected chi connectivity index (χ1v) is 7.80. The van der Waals surface area contributed by atoms with Gasteiger partial charge in [-0.25, -0.2) is 4.98 Å². The summed E-state index contributed by atoms with van der Waals surface area (Å²) in [6.07, 6.45) is 1.66. The van der Waals surface area contributed by atoms with Crippen LogP contribution in [0.5, 0.6) is 5.75 Å². The molecule has 0 aliphatic heterocycles. The lowest BCUT2D eigenvalue weighted by Crippen LogP contribution is -2.26. The van der Waals surface area contributed by atoms with E-state index < -0.39 is 0 Å². The Bertz CT molecular complexity index is 887. The van der Waals surface area contributed by atoms with Gasteiger partial charge < -0.3 is 14.1 Å². The summed E-state index contributed by atoms with van der Waals surface area (Å²) in [7, 11) is 3.33. The Morgan fingerprint density at radius 1 is 1.33 bits per heavy atom. The molecular formula is C18H17ClN2O3. The van der Waals surface area contributed by atoms with E-state index >= 15 is 0 Å². The lowest BCUT2D eigenvalue weighted by molar-refractivity contribution is 0.0754. The maximum atomic E-state index is 12.7. The first-order chi connectivity index (χ1) is 11.5. The molecule has 0 aliphatic rings.